The van der Waals surface area contributed by atoms with Gasteiger partial charge in [-0.25, -0.2) is 9.78 Å². The predicted molar refractivity (Wildman–Crippen MR) is 82.4 cm³/mol. The van der Waals surface area contributed by atoms with Crippen molar-refractivity contribution in [1.82, 2.24) is 10.3 Å². The summed E-state index contributed by atoms with van der Waals surface area (Å²) in [7, 11) is 1.62. The highest BCUT2D eigenvalue weighted by atomic mass is 79.9. The Labute approximate surface area is 131 Å². The Bertz CT molecular complexity index is 629. The normalized spacial score (nSPS) is 10.4. The second-order valence-corrected chi connectivity index (χ2v) is 5.20. The van der Waals surface area contributed by atoms with E-state index < -0.39 is 5.97 Å². The number of methoxy groups -OCH3 is 1. The van der Waals surface area contributed by atoms with Crippen LogP contribution in [-0.2, 0) is 13.1 Å². The monoisotopic (exact) mass is 350 g/mol. The maximum atomic E-state index is 11.1. The fourth-order valence-corrected chi connectivity index (χ4v) is 2.22. The zero-order chi connectivity index (χ0) is 15.2. The minimum Gasteiger partial charge on any atom is -0.497 e. The van der Waals surface area contributed by atoms with Crippen molar-refractivity contribution >= 4 is 21.9 Å². The van der Waals surface area contributed by atoms with Crippen LogP contribution in [-0.4, -0.2) is 23.2 Å². The van der Waals surface area contributed by atoms with Crippen LogP contribution in [0.4, 0.5) is 0 Å². The zero-order valence-corrected chi connectivity index (χ0v) is 13.1. The van der Waals surface area contributed by atoms with Gasteiger partial charge in [0.25, 0.3) is 0 Å². The molecule has 0 saturated carbocycles. The molecule has 0 fully saturated rings. The average Bonchev–Trinajstić information content (AvgIpc) is 2.48. The van der Waals surface area contributed by atoms with Crippen molar-refractivity contribution in [2.24, 2.45) is 0 Å². The van der Waals surface area contributed by atoms with E-state index in [4.69, 9.17) is 9.84 Å². The van der Waals surface area contributed by atoms with E-state index in [2.05, 4.69) is 26.2 Å². The summed E-state index contributed by atoms with van der Waals surface area (Å²) in [5, 5.41) is 12.3. The molecular formula is C15H15BrN2O3. The van der Waals surface area contributed by atoms with Crippen LogP contribution < -0.4 is 10.1 Å². The number of hydrogen-bond acceptors (Lipinski definition) is 4. The second kappa shape index (κ2) is 7.19. The third-order valence-electron chi connectivity index (χ3n) is 2.95. The van der Waals surface area contributed by atoms with Crippen LogP contribution >= 0.6 is 15.9 Å². The number of carboxylic acids is 1. The summed E-state index contributed by atoms with van der Waals surface area (Å²) in [5.41, 5.74) is 1.80. The molecule has 21 heavy (non-hydrogen) atoms. The van der Waals surface area contributed by atoms with E-state index in [1.165, 1.54) is 0 Å². The van der Waals surface area contributed by atoms with E-state index in [-0.39, 0.29) is 5.56 Å². The summed E-state index contributed by atoms with van der Waals surface area (Å²) in [6.45, 7) is 1.00. The first-order chi connectivity index (χ1) is 10.1. The third kappa shape index (κ3) is 4.27. The maximum Gasteiger partial charge on any atom is 0.337 e. The molecule has 0 aliphatic carbocycles. The first-order valence-electron chi connectivity index (χ1n) is 6.32. The molecule has 0 aliphatic heterocycles. The number of aromatic nitrogens is 1. The van der Waals surface area contributed by atoms with Crippen molar-refractivity contribution in [3.05, 3.63) is 57.8 Å². The maximum absolute atomic E-state index is 11.1. The number of carbonyl (C=O) groups is 1. The topological polar surface area (TPSA) is 71.5 Å². The molecule has 0 aliphatic rings. The van der Waals surface area contributed by atoms with Crippen molar-refractivity contribution in [2.45, 2.75) is 13.1 Å². The van der Waals surface area contributed by atoms with Gasteiger partial charge in [-0.15, -0.1) is 0 Å². The number of benzene rings is 1. The number of aromatic carboxylic acids is 1. The number of pyridine rings is 1. The van der Waals surface area contributed by atoms with Crippen molar-refractivity contribution in [3.8, 4) is 5.75 Å². The first kappa shape index (κ1) is 15.5. The van der Waals surface area contributed by atoms with E-state index in [9.17, 15) is 4.79 Å². The number of hydrogen-bond donors (Lipinski definition) is 2. The lowest BCUT2D eigenvalue weighted by Crippen LogP contribution is -2.17. The Hall–Kier alpha value is -1.92. The Morgan fingerprint density at radius 1 is 1.24 bits per heavy atom. The molecule has 0 radical (unpaired) electrons. The average molecular weight is 351 g/mol. The predicted octanol–water partition coefficient (Wildman–Crippen LogP) is 2.84. The van der Waals surface area contributed by atoms with Gasteiger partial charge in [0.1, 0.15) is 10.4 Å². The zero-order valence-electron chi connectivity index (χ0n) is 11.5. The van der Waals surface area contributed by atoms with Gasteiger partial charge in [-0.2, -0.15) is 0 Å². The Kier molecular flexibility index (Phi) is 5.30. The minimum absolute atomic E-state index is 0.209. The van der Waals surface area contributed by atoms with Crippen LogP contribution in [0.3, 0.4) is 0 Å². The van der Waals surface area contributed by atoms with Gasteiger partial charge >= 0.3 is 5.97 Å². The Balaban J connectivity index is 1.99. The summed E-state index contributed by atoms with van der Waals surface area (Å²) in [5.74, 6) is -0.170. The second-order valence-electron chi connectivity index (χ2n) is 4.39. The molecule has 1 heterocycles. The summed E-state index contributed by atoms with van der Waals surface area (Å²) in [6.07, 6.45) is 0. The third-order valence-corrected chi connectivity index (χ3v) is 3.39. The van der Waals surface area contributed by atoms with Crippen molar-refractivity contribution in [1.29, 1.82) is 0 Å². The molecule has 5 nitrogen and oxygen atoms in total. The largest absolute Gasteiger partial charge is 0.497 e. The van der Waals surface area contributed by atoms with E-state index in [1.807, 2.05) is 24.3 Å². The van der Waals surface area contributed by atoms with E-state index in [0.717, 1.165) is 11.3 Å². The van der Waals surface area contributed by atoms with Gasteiger partial charge in [-0.05, 0) is 45.8 Å². The highest BCUT2D eigenvalue weighted by Gasteiger charge is 2.11. The molecule has 0 unspecified atom stereocenters. The molecule has 1 aromatic heterocycles. The fourth-order valence-electron chi connectivity index (χ4n) is 1.87. The lowest BCUT2D eigenvalue weighted by molar-refractivity contribution is 0.0695. The quantitative estimate of drug-likeness (QED) is 0.783. The summed E-state index contributed by atoms with van der Waals surface area (Å²) >= 11 is 3.25. The summed E-state index contributed by atoms with van der Waals surface area (Å²) in [6, 6.07) is 10.9. The lowest BCUT2D eigenvalue weighted by atomic mass is 10.2. The lowest BCUT2D eigenvalue weighted by Gasteiger charge is -2.08. The van der Waals surface area contributed by atoms with E-state index in [1.54, 1.807) is 19.2 Å². The van der Waals surface area contributed by atoms with Crippen molar-refractivity contribution in [2.75, 3.05) is 7.11 Å². The highest BCUT2D eigenvalue weighted by molar-refractivity contribution is 9.10. The standard InChI is InChI=1S/C15H15BrN2O3/c1-21-11-4-2-10(3-5-11)8-17-9-13-12(15(19)20)6-7-14(16)18-13/h2-7,17H,8-9H2,1H3,(H,19,20). The molecular weight excluding hydrogens is 336 g/mol. The summed E-state index contributed by atoms with van der Waals surface area (Å²) in [4.78, 5) is 15.3. The number of nitrogens with one attached hydrogen (secondary N) is 1. The molecule has 0 amide bonds. The smallest absolute Gasteiger partial charge is 0.337 e. The molecule has 2 rings (SSSR count). The van der Waals surface area contributed by atoms with Crippen LogP contribution in [0, 0.1) is 0 Å². The van der Waals surface area contributed by atoms with Gasteiger partial charge < -0.3 is 15.2 Å². The van der Waals surface area contributed by atoms with Crippen molar-refractivity contribution in [3.63, 3.8) is 0 Å². The number of halogens is 1. The Morgan fingerprint density at radius 3 is 2.57 bits per heavy atom. The van der Waals surface area contributed by atoms with Gasteiger partial charge in [0, 0.05) is 13.1 Å². The molecule has 2 aromatic rings. The van der Waals surface area contributed by atoms with Gasteiger partial charge in [-0.1, -0.05) is 12.1 Å². The first-order valence-corrected chi connectivity index (χ1v) is 7.12. The summed E-state index contributed by atoms with van der Waals surface area (Å²) < 4.78 is 5.72. The Morgan fingerprint density at radius 2 is 1.95 bits per heavy atom. The van der Waals surface area contributed by atoms with Gasteiger partial charge in [-0.3, -0.25) is 0 Å². The molecule has 0 bridgehead atoms. The van der Waals surface area contributed by atoms with Crippen LogP contribution in [0.15, 0.2) is 41.0 Å². The van der Waals surface area contributed by atoms with Crippen LogP contribution in [0.25, 0.3) is 0 Å². The molecule has 1 aromatic carbocycles. The number of nitrogens with zero attached hydrogens (tertiary/aromatic N) is 1. The molecule has 0 saturated heterocycles. The van der Waals surface area contributed by atoms with Crippen LogP contribution in [0.1, 0.15) is 21.6 Å². The molecule has 6 heteroatoms. The van der Waals surface area contributed by atoms with Gasteiger partial charge in [0.05, 0.1) is 18.4 Å². The van der Waals surface area contributed by atoms with Gasteiger partial charge in [0.2, 0.25) is 0 Å². The number of carboxylic acid groups (broad SMARTS) is 1. The fraction of sp³-hybridized carbons (Fsp3) is 0.200. The highest BCUT2D eigenvalue weighted by Crippen LogP contribution is 2.14. The SMILES string of the molecule is COc1ccc(CNCc2nc(Br)ccc2C(=O)O)cc1. The van der Waals surface area contributed by atoms with Crippen molar-refractivity contribution < 1.29 is 14.6 Å². The number of ether oxygens (including phenoxy) is 1. The molecule has 2 N–H and O–H groups in total. The minimum atomic E-state index is -0.976. The van der Waals surface area contributed by atoms with E-state index in [0.29, 0.717) is 23.4 Å². The van der Waals surface area contributed by atoms with Gasteiger partial charge in [0.15, 0.2) is 0 Å². The molecule has 0 atom stereocenters. The van der Waals surface area contributed by atoms with Crippen LogP contribution in [0.2, 0.25) is 0 Å². The molecule has 110 valence electrons. The molecule has 0 spiro atoms. The number of rotatable bonds is 6. The van der Waals surface area contributed by atoms with Crippen LogP contribution in [0.5, 0.6) is 5.75 Å². The van der Waals surface area contributed by atoms with E-state index >= 15 is 0 Å².